The Morgan fingerprint density at radius 3 is 2.70 bits per heavy atom. The standard InChI is InChI=1S/C36H54N4O6/c1-24-10-11-26-17-29-30(31(42)43)34(45,23-46-28-9-6-13-33(44,19-28)18-25-7-4-3-5-8-25)21-35(24,29)36(26)22-40(32(37)38-2)15-12-27(36)20-39-14-16-41/h3-5,7-8,24,26-28,39,41,44-45H,6,9-23H2,1-2H3,(H2,37,38)(H,42,43)/t24-,26-,27+,28+,33-,34-,35-,36-/m0/s1. The predicted molar refractivity (Wildman–Crippen MR) is 173 cm³/mol. The molecule has 4 fully saturated rings. The van der Waals surface area contributed by atoms with E-state index in [-0.39, 0.29) is 54.5 Å². The highest BCUT2D eigenvalue weighted by Gasteiger charge is 2.75. The number of piperidine rings is 1. The molecule has 10 nitrogen and oxygen atoms in total. The van der Waals surface area contributed by atoms with Gasteiger partial charge < -0.3 is 41.0 Å². The Kier molecular flexibility index (Phi) is 9.44. The van der Waals surface area contributed by atoms with Crippen molar-refractivity contribution in [2.24, 2.45) is 39.3 Å². The molecule has 3 saturated carbocycles. The number of nitrogens with two attached hydrogens (primary N) is 1. The Morgan fingerprint density at radius 1 is 1.20 bits per heavy atom. The number of likely N-dealkylation sites (tertiary alicyclic amines) is 1. The van der Waals surface area contributed by atoms with Gasteiger partial charge in [-0.25, -0.2) is 4.99 Å². The fraction of sp³-hybridized carbons (Fsp3) is 0.722. The van der Waals surface area contributed by atoms with E-state index < -0.39 is 22.6 Å². The van der Waals surface area contributed by atoms with E-state index in [1.54, 1.807) is 7.05 Å². The molecule has 1 aromatic rings. The van der Waals surface area contributed by atoms with Crippen LogP contribution in [0.1, 0.15) is 70.3 Å². The molecule has 0 radical (unpaired) electrons. The number of aliphatic imine (C=N–C) groups is 1. The molecule has 0 aromatic heterocycles. The summed E-state index contributed by atoms with van der Waals surface area (Å²) in [6.45, 7) is 4.93. The molecule has 2 bridgehead atoms. The first kappa shape index (κ1) is 33.6. The highest BCUT2D eigenvalue weighted by atomic mass is 16.5. The monoisotopic (exact) mass is 638 g/mol. The Morgan fingerprint density at radius 2 is 1.98 bits per heavy atom. The molecule has 2 spiro atoms. The smallest absolute Gasteiger partial charge is 0.293 e. The van der Waals surface area contributed by atoms with Gasteiger partial charge in [0.05, 0.1) is 44.0 Å². The normalized spacial score (nSPS) is 40.8. The summed E-state index contributed by atoms with van der Waals surface area (Å²) in [7, 11) is 1.72. The molecule has 10 heteroatoms. The first-order chi connectivity index (χ1) is 22.0. The second-order valence-corrected chi connectivity index (χ2v) is 15.2. The summed E-state index contributed by atoms with van der Waals surface area (Å²) in [6.07, 6.45) is 6.68. The number of rotatable bonds is 10. The minimum absolute atomic E-state index is 0.0322. The lowest BCUT2D eigenvalue weighted by molar-refractivity contribution is -0.828. The van der Waals surface area contributed by atoms with Crippen LogP contribution >= 0.6 is 0 Å². The van der Waals surface area contributed by atoms with Crippen LogP contribution in [-0.4, -0.2) is 91.0 Å². The van der Waals surface area contributed by atoms with Gasteiger partial charge >= 0.3 is 0 Å². The first-order valence-electron chi connectivity index (χ1n) is 17.5. The molecule has 1 heterocycles. The third-order valence-corrected chi connectivity index (χ3v) is 12.9. The predicted octanol–water partition coefficient (Wildman–Crippen LogP) is -0.0455. The number of carbonyl (C=O) groups excluding carboxylic acids is 1. The van der Waals surface area contributed by atoms with Crippen LogP contribution in [0.5, 0.6) is 0 Å². The van der Waals surface area contributed by atoms with Crippen LogP contribution in [0.3, 0.4) is 0 Å². The van der Waals surface area contributed by atoms with E-state index in [1.165, 1.54) is 0 Å². The molecule has 9 atom stereocenters. The summed E-state index contributed by atoms with van der Waals surface area (Å²) < 4.78 is 6.46. The average Bonchev–Trinajstić information content (AvgIpc) is 3.38. The van der Waals surface area contributed by atoms with E-state index >= 15 is 0 Å². The van der Waals surface area contributed by atoms with Crippen molar-refractivity contribution in [2.45, 2.75) is 88.4 Å². The van der Waals surface area contributed by atoms with Gasteiger partial charge in [-0.05, 0) is 74.8 Å². The maximum absolute atomic E-state index is 13.1. The minimum atomic E-state index is -1.70. The number of hydrogen-bond acceptors (Lipinski definition) is 8. The number of allylic oxidation sites excluding steroid dienone is 1. The summed E-state index contributed by atoms with van der Waals surface area (Å²) in [5, 5.41) is 50.2. The topological polar surface area (TPSA) is 165 Å². The molecule has 5 aliphatic rings. The average molecular weight is 639 g/mol. The number of carbonyl (C=O) groups is 1. The maximum Gasteiger partial charge on any atom is 0.293 e. The van der Waals surface area contributed by atoms with Gasteiger partial charge in [0.2, 0.25) is 0 Å². The van der Waals surface area contributed by atoms with Crippen LogP contribution in [0.4, 0.5) is 0 Å². The van der Waals surface area contributed by atoms with Crippen LogP contribution in [0.25, 0.3) is 0 Å². The van der Waals surface area contributed by atoms with E-state index in [4.69, 9.17) is 10.5 Å². The van der Waals surface area contributed by atoms with Gasteiger partial charge in [0.15, 0.2) is 0 Å². The zero-order valence-electron chi connectivity index (χ0n) is 27.6. The van der Waals surface area contributed by atoms with Crippen LogP contribution in [0, 0.1) is 28.6 Å². The third-order valence-electron chi connectivity index (χ3n) is 12.9. The minimum Gasteiger partial charge on any atom is -0.545 e. The van der Waals surface area contributed by atoms with E-state index in [1.807, 2.05) is 30.3 Å². The Hall–Kier alpha value is -2.34. The lowest BCUT2D eigenvalue weighted by atomic mass is 9.45. The quantitative estimate of drug-likeness (QED) is 0.118. The SMILES string of the molecule is CN=C(N)[NH+]1CC[C@H](CNCCO)[C@]2(C1)[C@H]1CC[C@H](C)[C@]23C[C@](O)(CO[C@@H]2CCC[C@](O)(Cc4ccccc4)C2)C(C(=O)[O-])=C3C1. The molecule has 1 unspecified atom stereocenters. The van der Waals surface area contributed by atoms with Crippen LogP contribution < -0.4 is 21.1 Å². The number of quaternary nitrogens is 1. The van der Waals surface area contributed by atoms with Crippen molar-refractivity contribution in [1.29, 1.82) is 0 Å². The Labute approximate surface area is 273 Å². The lowest BCUT2D eigenvalue weighted by Crippen LogP contribution is -3.19. The van der Waals surface area contributed by atoms with Crippen molar-refractivity contribution in [3.8, 4) is 0 Å². The van der Waals surface area contributed by atoms with Gasteiger partial charge in [0.1, 0.15) is 5.60 Å². The summed E-state index contributed by atoms with van der Waals surface area (Å²) in [6, 6.07) is 9.96. The molecule has 7 N–H and O–H groups in total. The van der Waals surface area contributed by atoms with Gasteiger partial charge in [-0.15, -0.1) is 0 Å². The first-order valence-corrected chi connectivity index (χ1v) is 17.5. The van der Waals surface area contributed by atoms with Gasteiger partial charge in [-0.3, -0.25) is 4.90 Å². The number of ether oxygens (including phenoxy) is 1. The molecular weight excluding hydrogens is 584 g/mol. The van der Waals surface area contributed by atoms with E-state index in [9.17, 15) is 25.2 Å². The van der Waals surface area contributed by atoms with Gasteiger partial charge in [0, 0.05) is 49.3 Å². The number of nitrogens with zero attached hydrogens (tertiary/aromatic N) is 1. The molecule has 46 heavy (non-hydrogen) atoms. The van der Waals surface area contributed by atoms with Crippen LogP contribution in [-0.2, 0) is 16.0 Å². The summed E-state index contributed by atoms with van der Waals surface area (Å²) >= 11 is 0. The number of carboxylic acids is 1. The number of guanidine groups is 1. The second kappa shape index (κ2) is 12.9. The third kappa shape index (κ3) is 5.52. The highest BCUT2D eigenvalue weighted by Crippen LogP contribution is 2.76. The van der Waals surface area contributed by atoms with E-state index in [0.29, 0.717) is 44.7 Å². The van der Waals surface area contributed by atoms with Crippen molar-refractivity contribution >= 4 is 11.9 Å². The number of benzene rings is 1. The highest BCUT2D eigenvalue weighted by molar-refractivity contribution is 5.90. The van der Waals surface area contributed by atoms with E-state index in [2.05, 4.69) is 17.2 Å². The number of aliphatic hydroxyl groups excluding tert-OH is 1. The fourth-order valence-corrected chi connectivity index (χ4v) is 11.1. The molecule has 1 aromatic carbocycles. The van der Waals surface area contributed by atoms with Crippen molar-refractivity contribution in [2.75, 3.05) is 46.4 Å². The molecule has 254 valence electrons. The number of nitrogens with one attached hydrogen (secondary N) is 2. The zero-order valence-corrected chi connectivity index (χ0v) is 27.6. The largest absolute Gasteiger partial charge is 0.545 e. The van der Waals surface area contributed by atoms with Crippen molar-refractivity contribution in [3.05, 3.63) is 47.0 Å². The van der Waals surface area contributed by atoms with Gasteiger partial charge in [-0.2, -0.15) is 0 Å². The molecule has 4 aliphatic carbocycles. The summed E-state index contributed by atoms with van der Waals surface area (Å²) in [4.78, 5) is 18.6. The Bertz CT molecular complexity index is 1340. The Balaban J connectivity index is 1.32. The number of carboxylic acid groups (broad SMARTS) is 1. The molecule has 1 saturated heterocycles. The van der Waals surface area contributed by atoms with Crippen molar-refractivity contribution in [1.82, 2.24) is 5.32 Å². The molecular formula is C36H54N4O6. The van der Waals surface area contributed by atoms with Gasteiger partial charge in [-0.1, -0.05) is 42.8 Å². The lowest BCUT2D eigenvalue weighted by Gasteiger charge is -2.60. The summed E-state index contributed by atoms with van der Waals surface area (Å²) in [5.41, 5.74) is 4.98. The van der Waals surface area contributed by atoms with Gasteiger partial charge in [0.25, 0.3) is 5.96 Å². The molecule has 0 amide bonds. The molecule has 6 rings (SSSR count). The second-order valence-electron chi connectivity index (χ2n) is 15.2. The number of hydrogen-bond donors (Lipinski definition) is 6. The van der Waals surface area contributed by atoms with Crippen molar-refractivity contribution < 1.29 is 34.9 Å². The van der Waals surface area contributed by atoms with E-state index in [0.717, 1.165) is 61.2 Å². The fourth-order valence-electron chi connectivity index (χ4n) is 11.1. The van der Waals surface area contributed by atoms with Crippen LogP contribution in [0.2, 0.25) is 0 Å². The zero-order chi connectivity index (χ0) is 32.7. The maximum atomic E-state index is 13.1. The van der Waals surface area contributed by atoms with Crippen LogP contribution in [0.15, 0.2) is 46.5 Å². The summed E-state index contributed by atoms with van der Waals surface area (Å²) in [5.74, 6) is -0.116. The number of aliphatic carboxylic acids is 1. The number of aliphatic hydroxyl groups is 3. The van der Waals surface area contributed by atoms with Crippen molar-refractivity contribution in [3.63, 3.8) is 0 Å². The molecule has 1 aliphatic heterocycles.